The van der Waals surface area contributed by atoms with Crippen LogP contribution >= 0.6 is 0 Å². The van der Waals surface area contributed by atoms with Crippen LogP contribution in [0.15, 0.2) is 36.4 Å². The van der Waals surface area contributed by atoms with Crippen molar-refractivity contribution < 1.29 is 18.3 Å². The quantitative estimate of drug-likeness (QED) is 0.827. The predicted molar refractivity (Wildman–Crippen MR) is 62.5 cm³/mol. The zero-order chi connectivity index (χ0) is 13.3. The molecular formula is C13H10F3NO. The highest BCUT2D eigenvalue weighted by Gasteiger charge is 2.16. The summed E-state index contributed by atoms with van der Waals surface area (Å²) in [4.78, 5) is 1.36. The molecule has 2 aromatic carbocycles. The molecule has 0 spiro atoms. The number of hydrogen-bond donors (Lipinski definition) is 1. The van der Waals surface area contributed by atoms with Crippen LogP contribution in [-0.4, -0.2) is 12.2 Å². The summed E-state index contributed by atoms with van der Waals surface area (Å²) in [5.74, 6) is -3.91. The van der Waals surface area contributed by atoms with Gasteiger partial charge in [0, 0.05) is 12.7 Å². The minimum atomic E-state index is -1.50. The number of aromatic hydroxyl groups is 1. The van der Waals surface area contributed by atoms with Crippen LogP contribution in [0.4, 0.5) is 24.5 Å². The van der Waals surface area contributed by atoms with Crippen molar-refractivity contribution in [2.75, 3.05) is 11.9 Å². The van der Waals surface area contributed by atoms with Gasteiger partial charge in [-0.2, -0.15) is 0 Å². The van der Waals surface area contributed by atoms with Crippen LogP contribution < -0.4 is 4.90 Å². The molecule has 2 rings (SSSR count). The summed E-state index contributed by atoms with van der Waals surface area (Å²) in [5.41, 5.74) is 0.456. The summed E-state index contributed by atoms with van der Waals surface area (Å²) in [7, 11) is 1.52. The monoisotopic (exact) mass is 253 g/mol. The molecular weight excluding hydrogens is 243 g/mol. The summed E-state index contributed by atoms with van der Waals surface area (Å²) in [5, 5.41) is 9.14. The average Bonchev–Trinajstić information content (AvgIpc) is 2.36. The van der Waals surface area contributed by atoms with Gasteiger partial charge in [0.2, 0.25) is 0 Å². The van der Waals surface area contributed by atoms with E-state index in [1.807, 2.05) is 0 Å². The average molecular weight is 253 g/mol. The lowest BCUT2D eigenvalue weighted by atomic mass is 10.2. The van der Waals surface area contributed by atoms with Crippen molar-refractivity contribution in [3.8, 4) is 5.75 Å². The fourth-order valence-corrected chi connectivity index (χ4v) is 1.59. The smallest absolute Gasteiger partial charge is 0.196 e. The summed E-state index contributed by atoms with van der Waals surface area (Å²) in [6, 6.07) is 7.94. The maximum absolute atomic E-state index is 13.6. The van der Waals surface area contributed by atoms with E-state index in [1.54, 1.807) is 0 Å². The van der Waals surface area contributed by atoms with Crippen LogP contribution in [0.5, 0.6) is 5.75 Å². The second-order valence-corrected chi connectivity index (χ2v) is 3.77. The van der Waals surface area contributed by atoms with E-state index in [1.165, 1.54) is 36.2 Å². The maximum atomic E-state index is 13.6. The molecule has 2 aromatic rings. The van der Waals surface area contributed by atoms with Crippen molar-refractivity contribution in [1.82, 2.24) is 0 Å². The SMILES string of the molecule is CN(c1ccc(O)cc1)c1ccc(F)c(F)c1F. The van der Waals surface area contributed by atoms with E-state index in [0.717, 1.165) is 12.1 Å². The molecule has 94 valence electrons. The van der Waals surface area contributed by atoms with Gasteiger partial charge in [0.05, 0.1) is 5.69 Å². The van der Waals surface area contributed by atoms with E-state index >= 15 is 0 Å². The van der Waals surface area contributed by atoms with Crippen molar-refractivity contribution in [3.05, 3.63) is 53.8 Å². The number of phenolic OH excluding ortho intramolecular Hbond substituents is 1. The van der Waals surface area contributed by atoms with Gasteiger partial charge < -0.3 is 10.0 Å². The van der Waals surface area contributed by atoms with Gasteiger partial charge in [-0.3, -0.25) is 0 Å². The van der Waals surface area contributed by atoms with E-state index in [9.17, 15) is 13.2 Å². The molecule has 5 heteroatoms. The Balaban J connectivity index is 2.43. The van der Waals surface area contributed by atoms with Crippen LogP contribution in [0.25, 0.3) is 0 Å². The summed E-state index contributed by atoms with van der Waals surface area (Å²) in [6.07, 6.45) is 0. The molecule has 0 atom stereocenters. The zero-order valence-electron chi connectivity index (χ0n) is 9.49. The Morgan fingerprint density at radius 3 is 2.11 bits per heavy atom. The van der Waals surface area contributed by atoms with Crippen LogP contribution in [0.1, 0.15) is 0 Å². The molecule has 2 nitrogen and oxygen atoms in total. The highest BCUT2D eigenvalue weighted by molar-refractivity contribution is 5.63. The van der Waals surface area contributed by atoms with E-state index in [4.69, 9.17) is 5.11 Å². The third-order valence-corrected chi connectivity index (χ3v) is 2.61. The van der Waals surface area contributed by atoms with Crippen LogP contribution in [0.2, 0.25) is 0 Å². The Bertz CT molecular complexity index is 569. The predicted octanol–water partition coefficient (Wildman–Crippen LogP) is 3.58. The lowest BCUT2D eigenvalue weighted by Gasteiger charge is -2.20. The van der Waals surface area contributed by atoms with Gasteiger partial charge in [-0.25, -0.2) is 13.2 Å². The molecule has 18 heavy (non-hydrogen) atoms. The number of nitrogens with zero attached hydrogens (tertiary/aromatic N) is 1. The summed E-state index contributed by atoms with van der Waals surface area (Å²) < 4.78 is 39.5. The Morgan fingerprint density at radius 2 is 1.50 bits per heavy atom. The van der Waals surface area contributed by atoms with Crippen LogP contribution in [0.3, 0.4) is 0 Å². The molecule has 0 aliphatic heterocycles. The van der Waals surface area contributed by atoms with Crippen molar-refractivity contribution in [2.24, 2.45) is 0 Å². The molecule has 0 aromatic heterocycles. The topological polar surface area (TPSA) is 23.5 Å². The number of anilines is 2. The lowest BCUT2D eigenvalue weighted by Crippen LogP contribution is -2.12. The molecule has 0 aliphatic rings. The van der Waals surface area contributed by atoms with Gasteiger partial charge in [-0.05, 0) is 36.4 Å². The first-order valence-corrected chi connectivity index (χ1v) is 5.17. The van der Waals surface area contributed by atoms with E-state index < -0.39 is 17.5 Å². The third kappa shape index (κ3) is 2.11. The third-order valence-electron chi connectivity index (χ3n) is 2.61. The Morgan fingerprint density at radius 1 is 0.889 bits per heavy atom. The van der Waals surface area contributed by atoms with Crippen LogP contribution in [-0.2, 0) is 0 Å². The number of halogens is 3. The van der Waals surface area contributed by atoms with Crippen molar-refractivity contribution in [1.29, 1.82) is 0 Å². The fourth-order valence-electron chi connectivity index (χ4n) is 1.59. The minimum absolute atomic E-state index is 0.0675. The zero-order valence-corrected chi connectivity index (χ0v) is 9.49. The molecule has 0 amide bonds. The molecule has 0 unspecified atom stereocenters. The molecule has 0 bridgehead atoms. The number of hydrogen-bond acceptors (Lipinski definition) is 2. The number of rotatable bonds is 2. The Kier molecular flexibility index (Phi) is 3.14. The Labute approximate surface area is 102 Å². The first-order chi connectivity index (χ1) is 8.50. The highest BCUT2D eigenvalue weighted by atomic mass is 19.2. The summed E-state index contributed by atoms with van der Waals surface area (Å²) >= 11 is 0. The first-order valence-electron chi connectivity index (χ1n) is 5.17. The van der Waals surface area contributed by atoms with Gasteiger partial charge in [-0.1, -0.05) is 0 Å². The second kappa shape index (κ2) is 4.60. The molecule has 0 radical (unpaired) electrons. The van der Waals surface area contributed by atoms with Gasteiger partial charge >= 0.3 is 0 Å². The summed E-state index contributed by atoms with van der Waals surface area (Å²) in [6.45, 7) is 0. The fraction of sp³-hybridized carbons (Fsp3) is 0.0769. The molecule has 1 N–H and O–H groups in total. The van der Waals surface area contributed by atoms with Gasteiger partial charge in [0.25, 0.3) is 0 Å². The number of phenols is 1. The largest absolute Gasteiger partial charge is 0.508 e. The van der Waals surface area contributed by atoms with E-state index in [-0.39, 0.29) is 11.4 Å². The van der Waals surface area contributed by atoms with Crippen molar-refractivity contribution >= 4 is 11.4 Å². The molecule has 0 heterocycles. The van der Waals surface area contributed by atoms with Crippen molar-refractivity contribution in [3.63, 3.8) is 0 Å². The van der Waals surface area contributed by atoms with Gasteiger partial charge in [0.1, 0.15) is 5.75 Å². The second-order valence-electron chi connectivity index (χ2n) is 3.77. The van der Waals surface area contributed by atoms with Crippen molar-refractivity contribution in [2.45, 2.75) is 0 Å². The van der Waals surface area contributed by atoms with Crippen LogP contribution in [0, 0.1) is 17.5 Å². The number of benzene rings is 2. The highest BCUT2D eigenvalue weighted by Crippen LogP contribution is 2.29. The van der Waals surface area contributed by atoms with E-state index in [2.05, 4.69) is 0 Å². The minimum Gasteiger partial charge on any atom is -0.508 e. The molecule has 0 saturated carbocycles. The molecule has 0 saturated heterocycles. The maximum Gasteiger partial charge on any atom is 0.196 e. The standard InChI is InChI=1S/C13H10F3NO/c1-17(8-2-4-9(18)5-3-8)11-7-6-10(14)12(15)13(11)16/h2-7,18H,1H3. The molecule has 0 aliphatic carbocycles. The lowest BCUT2D eigenvalue weighted by molar-refractivity contribution is 0.448. The van der Waals surface area contributed by atoms with Gasteiger partial charge in [0.15, 0.2) is 17.5 Å². The molecule has 0 fully saturated rings. The first kappa shape index (κ1) is 12.3. The normalized spacial score (nSPS) is 10.4. The van der Waals surface area contributed by atoms with E-state index in [0.29, 0.717) is 5.69 Å². The Hall–Kier alpha value is -2.17. The van der Waals surface area contributed by atoms with Gasteiger partial charge in [-0.15, -0.1) is 0 Å².